The first-order valence-corrected chi connectivity index (χ1v) is 7.49. The van der Waals surface area contributed by atoms with Crippen molar-refractivity contribution in [2.75, 3.05) is 18.5 Å². The number of anilines is 1. The molecule has 4 heteroatoms. The number of nitrogens with one attached hydrogen (secondary N) is 2. The van der Waals surface area contributed by atoms with Gasteiger partial charge in [0.25, 0.3) is 0 Å². The van der Waals surface area contributed by atoms with E-state index < -0.39 is 0 Å². The summed E-state index contributed by atoms with van der Waals surface area (Å²) in [6.07, 6.45) is 2.99. The lowest BCUT2D eigenvalue weighted by Crippen LogP contribution is -2.37. The van der Waals surface area contributed by atoms with Gasteiger partial charge in [-0.15, -0.1) is 0 Å². The van der Waals surface area contributed by atoms with E-state index in [1.807, 2.05) is 0 Å². The van der Waals surface area contributed by atoms with Crippen molar-refractivity contribution in [2.45, 2.75) is 38.8 Å². The van der Waals surface area contributed by atoms with Crippen LogP contribution in [0.2, 0.25) is 0 Å². The van der Waals surface area contributed by atoms with E-state index >= 15 is 0 Å². The topological polar surface area (TPSA) is 50.4 Å². The van der Waals surface area contributed by atoms with Gasteiger partial charge in [-0.3, -0.25) is 4.79 Å². The van der Waals surface area contributed by atoms with Crippen LogP contribution in [0.5, 0.6) is 0 Å². The van der Waals surface area contributed by atoms with E-state index in [-0.39, 0.29) is 12.0 Å². The van der Waals surface area contributed by atoms with Crippen LogP contribution in [0, 0.1) is 5.92 Å². The highest BCUT2D eigenvalue weighted by atomic mass is 16.5. The molecule has 2 unspecified atom stereocenters. The second kappa shape index (κ2) is 5.83. The minimum absolute atomic E-state index is 0.0170. The van der Waals surface area contributed by atoms with Crippen molar-refractivity contribution in [3.8, 4) is 0 Å². The van der Waals surface area contributed by atoms with Crippen molar-refractivity contribution < 1.29 is 9.53 Å². The van der Waals surface area contributed by atoms with Crippen molar-refractivity contribution in [3.05, 3.63) is 29.3 Å². The van der Waals surface area contributed by atoms with E-state index in [0.29, 0.717) is 19.1 Å². The molecule has 0 aromatic heterocycles. The monoisotopic (exact) mass is 274 g/mol. The Hall–Kier alpha value is -1.55. The summed E-state index contributed by atoms with van der Waals surface area (Å²) in [5.41, 5.74) is 3.73. The number of hydrogen-bond acceptors (Lipinski definition) is 3. The van der Waals surface area contributed by atoms with Gasteiger partial charge in [-0.25, -0.2) is 0 Å². The van der Waals surface area contributed by atoms with E-state index in [1.165, 1.54) is 23.2 Å². The molecule has 20 heavy (non-hydrogen) atoms. The molecular formula is C16H22N2O2. The van der Waals surface area contributed by atoms with E-state index in [1.54, 1.807) is 0 Å². The van der Waals surface area contributed by atoms with Gasteiger partial charge in [0.2, 0.25) is 5.91 Å². The SMILES string of the molecule is CC1CCOC1C(=O)NCc1cccc2c1NCCC2. The molecule has 2 aliphatic heterocycles. The third kappa shape index (κ3) is 2.66. The first kappa shape index (κ1) is 13.4. The summed E-state index contributed by atoms with van der Waals surface area (Å²) in [7, 11) is 0. The standard InChI is InChI=1S/C16H22N2O2/c1-11-7-9-20-15(11)16(19)18-10-13-5-2-4-12-6-3-8-17-14(12)13/h2,4-5,11,15,17H,3,6-10H2,1H3,(H,18,19). The molecule has 0 spiro atoms. The summed E-state index contributed by atoms with van der Waals surface area (Å²) in [6.45, 7) is 4.35. The smallest absolute Gasteiger partial charge is 0.249 e. The Morgan fingerprint density at radius 2 is 2.40 bits per heavy atom. The van der Waals surface area contributed by atoms with Gasteiger partial charge in [-0.2, -0.15) is 0 Å². The summed E-state index contributed by atoms with van der Waals surface area (Å²) in [6, 6.07) is 6.31. The van der Waals surface area contributed by atoms with Crippen LogP contribution in [0.3, 0.4) is 0 Å². The molecule has 2 N–H and O–H groups in total. The molecule has 1 aromatic carbocycles. The molecule has 3 rings (SSSR count). The molecule has 0 radical (unpaired) electrons. The third-order valence-corrected chi connectivity index (χ3v) is 4.26. The maximum absolute atomic E-state index is 12.1. The lowest BCUT2D eigenvalue weighted by atomic mass is 9.99. The number of rotatable bonds is 3. The number of amides is 1. The number of ether oxygens (including phenoxy) is 1. The lowest BCUT2D eigenvalue weighted by Gasteiger charge is -2.22. The summed E-state index contributed by atoms with van der Waals surface area (Å²) in [5.74, 6) is 0.334. The highest BCUT2D eigenvalue weighted by Crippen LogP contribution is 2.26. The largest absolute Gasteiger partial charge is 0.385 e. The van der Waals surface area contributed by atoms with Crippen molar-refractivity contribution in [1.29, 1.82) is 0 Å². The third-order valence-electron chi connectivity index (χ3n) is 4.26. The quantitative estimate of drug-likeness (QED) is 0.887. The van der Waals surface area contributed by atoms with Gasteiger partial charge in [-0.1, -0.05) is 25.1 Å². The number of hydrogen-bond donors (Lipinski definition) is 2. The van der Waals surface area contributed by atoms with E-state index in [9.17, 15) is 4.79 Å². The summed E-state index contributed by atoms with van der Waals surface area (Å²) < 4.78 is 5.50. The number of fused-ring (bicyclic) bond motifs is 1. The van der Waals surface area contributed by atoms with Gasteiger partial charge in [0.15, 0.2) is 0 Å². The highest BCUT2D eigenvalue weighted by molar-refractivity contribution is 5.81. The van der Waals surface area contributed by atoms with Gasteiger partial charge in [-0.05, 0) is 36.3 Å². The first-order chi connectivity index (χ1) is 9.75. The van der Waals surface area contributed by atoms with Gasteiger partial charge >= 0.3 is 0 Å². The predicted molar refractivity (Wildman–Crippen MR) is 78.6 cm³/mol. The summed E-state index contributed by atoms with van der Waals surface area (Å²) >= 11 is 0. The Labute approximate surface area is 119 Å². The maximum atomic E-state index is 12.1. The fraction of sp³-hybridized carbons (Fsp3) is 0.562. The van der Waals surface area contributed by atoms with Gasteiger partial charge in [0.05, 0.1) is 0 Å². The zero-order valence-electron chi connectivity index (χ0n) is 11.9. The van der Waals surface area contributed by atoms with Gasteiger partial charge in [0, 0.05) is 25.4 Å². The molecule has 108 valence electrons. The van der Waals surface area contributed by atoms with Gasteiger partial charge in [0.1, 0.15) is 6.10 Å². The molecule has 1 amide bonds. The molecule has 2 aliphatic rings. The van der Waals surface area contributed by atoms with Crippen molar-refractivity contribution >= 4 is 11.6 Å². The molecule has 2 heterocycles. The van der Waals surface area contributed by atoms with Crippen LogP contribution in [0.25, 0.3) is 0 Å². The highest BCUT2D eigenvalue weighted by Gasteiger charge is 2.30. The van der Waals surface area contributed by atoms with Crippen LogP contribution >= 0.6 is 0 Å². The number of para-hydroxylation sites is 1. The Morgan fingerprint density at radius 1 is 1.50 bits per heavy atom. The first-order valence-electron chi connectivity index (χ1n) is 7.49. The fourth-order valence-corrected chi connectivity index (χ4v) is 3.04. The molecule has 0 aliphatic carbocycles. The Kier molecular flexibility index (Phi) is 3.92. The Bertz CT molecular complexity index is 501. The lowest BCUT2D eigenvalue weighted by molar-refractivity contribution is -0.131. The Morgan fingerprint density at radius 3 is 3.20 bits per heavy atom. The zero-order valence-corrected chi connectivity index (χ0v) is 11.9. The van der Waals surface area contributed by atoms with Crippen molar-refractivity contribution in [2.24, 2.45) is 5.92 Å². The van der Waals surface area contributed by atoms with Crippen LogP contribution in [0.4, 0.5) is 5.69 Å². The summed E-state index contributed by atoms with van der Waals surface area (Å²) in [5, 5.41) is 6.47. The minimum atomic E-state index is -0.275. The Balaban J connectivity index is 1.65. The predicted octanol–water partition coefficient (Wildman–Crippen LogP) is 2.09. The number of carbonyl (C=O) groups excluding carboxylic acids is 1. The molecule has 1 aromatic rings. The maximum Gasteiger partial charge on any atom is 0.249 e. The van der Waals surface area contributed by atoms with Gasteiger partial charge < -0.3 is 15.4 Å². The van der Waals surface area contributed by atoms with Crippen LogP contribution in [0.15, 0.2) is 18.2 Å². The molecule has 1 saturated heterocycles. The van der Waals surface area contributed by atoms with E-state index in [0.717, 1.165) is 19.4 Å². The number of carbonyl (C=O) groups is 1. The van der Waals surface area contributed by atoms with Crippen molar-refractivity contribution in [3.63, 3.8) is 0 Å². The van der Waals surface area contributed by atoms with E-state index in [2.05, 4.69) is 35.8 Å². The van der Waals surface area contributed by atoms with Crippen LogP contribution in [0.1, 0.15) is 30.9 Å². The average molecular weight is 274 g/mol. The molecule has 0 bridgehead atoms. The molecule has 2 atom stereocenters. The number of benzene rings is 1. The number of aryl methyl sites for hydroxylation is 1. The molecular weight excluding hydrogens is 252 g/mol. The second-order valence-electron chi connectivity index (χ2n) is 5.76. The average Bonchev–Trinajstić information content (AvgIpc) is 2.91. The van der Waals surface area contributed by atoms with Crippen LogP contribution in [-0.4, -0.2) is 25.2 Å². The van der Waals surface area contributed by atoms with E-state index in [4.69, 9.17) is 4.74 Å². The zero-order chi connectivity index (χ0) is 13.9. The van der Waals surface area contributed by atoms with Crippen molar-refractivity contribution in [1.82, 2.24) is 5.32 Å². The summed E-state index contributed by atoms with van der Waals surface area (Å²) in [4.78, 5) is 12.1. The second-order valence-corrected chi connectivity index (χ2v) is 5.76. The minimum Gasteiger partial charge on any atom is -0.385 e. The molecule has 4 nitrogen and oxygen atoms in total. The fourth-order valence-electron chi connectivity index (χ4n) is 3.04. The van der Waals surface area contributed by atoms with Crippen LogP contribution < -0.4 is 10.6 Å². The van der Waals surface area contributed by atoms with Crippen LogP contribution in [-0.2, 0) is 22.5 Å². The molecule has 0 saturated carbocycles. The normalized spacial score (nSPS) is 24.9. The molecule has 1 fully saturated rings.